The number of anilines is 1. The molecule has 1 unspecified atom stereocenters. The van der Waals surface area contributed by atoms with Gasteiger partial charge in [-0.25, -0.2) is 4.79 Å². The van der Waals surface area contributed by atoms with Gasteiger partial charge in [0.1, 0.15) is 13.2 Å². The highest BCUT2D eigenvalue weighted by molar-refractivity contribution is 14.1. The van der Waals surface area contributed by atoms with E-state index in [0.717, 1.165) is 3.57 Å². The lowest BCUT2D eigenvalue weighted by Crippen LogP contribution is -2.30. The second kappa shape index (κ2) is 7.73. The van der Waals surface area contributed by atoms with Crippen molar-refractivity contribution in [1.82, 2.24) is 0 Å². The van der Waals surface area contributed by atoms with Crippen LogP contribution in [0, 0.1) is 3.57 Å². The summed E-state index contributed by atoms with van der Waals surface area (Å²) in [6.07, 6.45) is -0.934. The van der Waals surface area contributed by atoms with E-state index in [1.807, 2.05) is 6.07 Å². The summed E-state index contributed by atoms with van der Waals surface area (Å²) in [5.41, 5.74) is 0.980. The molecule has 0 bridgehead atoms. The second-order valence-corrected chi connectivity index (χ2v) is 6.54. The number of benzene rings is 2. The van der Waals surface area contributed by atoms with Crippen LogP contribution in [0.1, 0.15) is 17.3 Å². The van der Waals surface area contributed by atoms with Crippen LogP contribution in [-0.4, -0.2) is 31.2 Å². The molecule has 0 spiro atoms. The maximum absolute atomic E-state index is 12.3. The van der Waals surface area contributed by atoms with Crippen LogP contribution in [0.3, 0.4) is 0 Å². The molecule has 1 atom stereocenters. The molecule has 0 aromatic heterocycles. The first-order valence-electron chi connectivity index (χ1n) is 7.70. The van der Waals surface area contributed by atoms with Gasteiger partial charge < -0.3 is 19.5 Å². The summed E-state index contributed by atoms with van der Waals surface area (Å²) >= 11 is 2.05. The van der Waals surface area contributed by atoms with Crippen molar-refractivity contribution in [2.75, 3.05) is 18.5 Å². The number of halogens is 1. The maximum Gasteiger partial charge on any atom is 0.339 e. The van der Waals surface area contributed by atoms with Crippen LogP contribution in [0.2, 0.25) is 0 Å². The van der Waals surface area contributed by atoms with E-state index < -0.39 is 18.0 Å². The van der Waals surface area contributed by atoms with Gasteiger partial charge in [-0.15, -0.1) is 0 Å². The Morgan fingerprint density at radius 3 is 2.60 bits per heavy atom. The van der Waals surface area contributed by atoms with E-state index in [-0.39, 0.29) is 0 Å². The van der Waals surface area contributed by atoms with Crippen molar-refractivity contribution in [1.29, 1.82) is 0 Å². The van der Waals surface area contributed by atoms with E-state index in [4.69, 9.17) is 14.2 Å². The Hall–Kier alpha value is -2.29. The van der Waals surface area contributed by atoms with Crippen LogP contribution in [0.5, 0.6) is 11.5 Å². The summed E-state index contributed by atoms with van der Waals surface area (Å²) in [5, 5.41) is 2.71. The van der Waals surface area contributed by atoms with Crippen molar-refractivity contribution < 1.29 is 23.8 Å². The highest BCUT2D eigenvalue weighted by Gasteiger charge is 2.21. The van der Waals surface area contributed by atoms with E-state index in [1.165, 1.54) is 6.92 Å². The maximum atomic E-state index is 12.3. The molecule has 25 heavy (non-hydrogen) atoms. The molecule has 0 aliphatic carbocycles. The summed E-state index contributed by atoms with van der Waals surface area (Å²) in [7, 11) is 0. The first kappa shape index (κ1) is 17.5. The van der Waals surface area contributed by atoms with Gasteiger partial charge in [0.2, 0.25) is 0 Å². The zero-order chi connectivity index (χ0) is 17.8. The van der Waals surface area contributed by atoms with Crippen molar-refractivity contribution in [2.45, 2.75) is 13.0 Å². The molecule has 0 saturated carbocycles. The molecule has 3 rings (SSSR count). The minimum Gasteiger partial charge on any atom is -0.486 e. The third-order valence-electron chi connectivity index (χ3n) is 3.56. The highest BCUT2D eigenvalue weighted by atomic mass is 127. The van der Waals surface area contributed by atoms with Gasteiger partial charge in [0.15, 0.2) is 17.6 Å². The Bertz CT molecular complexity index is 808. The van der Waals surface area contributed by atoms with Crippen molar-refractivity contribution in [3.63, 3.8) is 0 Å². The van der Waals surface area contributed by atoms with Gasteiger partial charge in [-0.1, -0.05) is 12.1 Å². The number of carbonyl (C=O) groups is 2. The quantitative estimate of drug-likeness (QED) is 0.569. The molecule has 0 fully saturated rings. The van der Waals surface area contributed by atoms with Gasteiger partial charge in [0, 0.05) is 15.3 Å². The molecule has 0 radical (unpaired) electrons. The Labute approximate surface area is 158 Å². The lowest BCUT2D eigenvalue weighted by molar-refractivity contribution is -0.123. The molecular weight excluding hydrogens is 437 g/mol. The lowest BCUT2D eigenvalue weighted by Gasteiger charge is -2.19. The van der Waals surface area contributed by atoms with Crippen LogP contribution in [0.4, 0.5) is 5.69 Å². The number of fused-ring (bicyclic) bond motifs is 1. The third-order valence-corrected chi connectivity index (χ3v) is 4.50. The number of esters is 1. The average molecular weight is 453 g/mol. The minimum absolute atomic E-state index is 0.420. The normalized spacial score (nSPS) is 13.7. The van der Waals surface area contributed by atoms with Crippen LogP contribution in [-0.2, 0) is 9.53 Å². The van der Waals surface area contributed by atoms with E-state index >= 15 is 0 Å². The summed E-state index contributed by atoms with van der Waals surface area (Å²) < 4.78 is 16.9. The zero-order valence-corrected chi connectivity index (χ0v) is 15.6. The monoisotopic (exact) mass is 453 g/mol. The highest BCUT2D eigenvalue weighted by Crippen LogP contribution is 2.32. The van der Waals surface area contributed by atoms with E-state index in [0.29, 0.717) is 36.0 Å². The van der Waals surface area contributed by atoms with Gasteiger partial charge in [0.25, 0.3) is 5.91 Å². The molecule has 1 heterocycles. The molecule has 1 N–H and O–H groups in total. The van der Waals surface area contributed by atoms with Gasteiger partial charge in [-0.05, 0) is 53.8 Å². The SMILES string of the molecule is CC(OC(=O)c1ccccc1I)C(=O)Nc1ccc2c(c1)OCCO2. The topological polar surface area (TPSA) is 73.9 Å². The van der Waals surface area contributed by atoms with E-state index in [1.54, 1.807) is 36.4 Å². The fourth-order valence-corrected chi connectivity index (χ4v) is 2.88. The number of rotatable bonds is 4. The largest absolute Gasteiger partial charge is 0.486 e. The molecule has 2 aromatic rings. The van der Waals surface area contributed by atoms with Crippen molar-refractivity contribution in [3.8, 4) is 11.5 Å². The number of ether oxygens (including phenoxy) is 3. The summed E-state index contributed by atoms with van der Waals surface area (Å²) in [5.74, 6) is 0.265. The number of amides is 1. The van der Waals surface area contributed by atoms with Gasteiger partial charge >= 0.3 is 5.97 Å². The fraction of sp³-hybridized carbons (Fsp3) is 0.222. The predicted molar refractivity (Wildman–Crippen MR) is 100 cm³/mol. The smallest absolute Gasteiger partial charge is 0.339 e. The second-order valence-electron chi connectivity index (χ2n) is 5.38. The molecular formula is C18H16INO5. The first-order chi connectivity index (χ1) is 12.0. The summed E-state index contributed by atoms with van der Waals surface area (Å²) in [4.78, 5) is 24.5. The van der Waals surface area contributed by atoms with Gasteiger partial charge in [0.05, 0.1) is 5.56 Å². The molecule has 7 heteroatoms. The van der Waals surface area contributed by atoms with Crippen LogP contribution >= 0.6 is 22.6 Å². The molecule has 1 aliphatic heterocycles. The number of hydrogen-bond acceptors (Lipinski definition) is 5. The summed E-state index contributed by atoms with van der Waals surface area (Å²) in [6.45, 7) is 2.50. The molecule has 1 aliphatic rings. The minimum atomic E-state index is -0.934. The molecule has 0 saturated heterocycles. The molecule has 2 aromatic carbocycles. The zero-order valence-electron chi connectivity index (χ0n) is 13.5. The first-order valence-corrected chi connectivity index (χ1v) is 8.78. The standard InChI is InChI=1S/C18H16INO5/c1-11(25-18(22)13-4-2-3-5-14(13)19)17(21)20-12-6-7-15-16(10-12)24-9-8-23-15/h2-7,10-11H,8-9H2,1H3,(H,20,21). The molecule has 130 valence electrons. The van der Waals surface area contributed by atoms with Crippen molar-refractivity contribution in [3.05, 3.63) is 51.6 Å². The Balaban J connectivity index is 1.63. The number of nitrogens with one attached hydrogen (secondary N) is 1. The van der Waals surface area contributed by atoms with Crippen LogP contribution in [0.15, 0.2) is 42.5 Å². The van der Waals surface area contributed by atoms with Crippen molar-refractivity contribution >= 4 is 40.2 Å². The lowest BCUT2D eigenvalue weighted by atomic mass is 10.2. The average Bonchev–Trinajstić information content (AvgIpc) is 2.61. The Morgan fingerprint density at radius 1 is 1.12 bits per heavy atom. The van der Waals surface area contributed by atoms with Gasteiger partial charge in [-0.3, -0.25) is 4.79 Å². The third kappa shape index (κ3) is 4.22. The van der Waals surface area contributed by atoms with E-state index in [9.17, 15) is 9.59 Å². The fourth-order valence-electron chi connectivity index (χ4n) is 2.27. The van der Waals surface area contributed by atoms with Gasteiger partial charge in [-0.2, -0.15) is 0 Å². The van der Waals surface area contributed by atoms with Crippen molar-refractivity contribution in [2.24, 2.45) is 0 Å². The molecule has 6 nitrogen and oxygen atoms in total. The number of hydrogen-bond donors (Lipinski definition) is 1. The Kier molecular flexibility index (Phi) is 5.42. The number of carbonyl (C=O) groups excluding carboxylic acids is 2. The van der Waals surface area contributed by atoms with Crippen LogP contribution in [0.25, 0.3) is 0 Å². The molecule has 1 amide bonds. The summed E-state index contributed by atoms with van der Waals surface area (Å²) in [6, 6.07) is 12.2. The predicted octanol–water partition coefficient (Wildman–Crippen LogP) is 3.25. The Morgan fingerprint density at radius 2 is 1.84 bits per heavy atom. The van der Waals surface area contributed by atoms with Crippen LogP contribution < -0.4 is 14.8 Å². The van der Waals surface area contributed by atoms with E-state index in [2.05, 4.69) is 27.9 Å².